The summed E-state index contributed by atoms with van der Waals surface area (Å²) in [6.45, 7) is 0. The van der Waals surface area contributed by atoms with E-state index < -0.39 is 0 Å². The van der Waals surface area contributed by atoms with Crippen molar-refractivity contribution in [1.29, 1.82) is 0 Å². The molecule has 0 saturated carbocycles. The van der Waals surface area contributed by atoms with Gasteiger partial charge >= 0.3 is 0 Å². The van der Waals surface area contributed by atoms with Crippen LogP contribution >= 0.6 is 0 Å². The summed E-state index contributed by atoms with van der Waals surface area (Å²) in [5.74, 6) is 1.83. The van der Waals surface area contributed by atoms with E-state index in [2.05, 4.69) is 146 Å². The number of nitrogens with zero attached hydrogens (tertiary/aromatic N) is 3. The predicted molar refractivity (Wildman–Crippen MR) is 227 cm³/mol. The molecule has 11 rings (SSSR count). The van der Waals surface area contributed by atoms with Crippen molar-refractivity contribution in [2.45, 2.75) is 0 Å². The van der Waals surface area contributed by atoms with Crippen molar-refractivity contribution in [2.24, 2.45) is 0 Å². The van der Waals surface area contributed by atoms with E-state index in [0.29, 0.717) is 17.5 Å². The van der Waals surface area contributed by atoms with Crippen molar-refractivity contribution < 1.29 is 4.42 Å². The molecule has 2 aromatic heterocycles. The summed E-state index contributed by atoms with van der Waals surface area (Å²) < 4.78 is 6.66. The molecule has 2 heterocycles. The smallest absolute Gasteiger partial charge is 0.164 e. The third-order valence-corrected chi connectivity index (χ3v) is 10.7. The predicted octanol–water partition coefficient (Wildman–Crippen LogP) is 13.6. The number of benzene rings is 9. The van der Waals surface area contributed by atoms with Crippen LogP contribution in [0.5, 0.6) is 0 Å². The normalized spacial score (nSPS) is 11.6. The first-order valence-electron chi connectivity index (χ1n) is 18.5. The molecule has 0 N–H and O–H groups in total. The Morgan fingerprint density at radius 1 is 0.291 bits per heavy atom. The molecule has 256 valence electrons. The van der Waals surface area contributed by atoms with Crippen molar-refractivity contribution in [3.63, 3.8) is 0 Å². The lowest BCUT2D eigenvalue weighted by atomic mass is 9.91. The summed E-state index contributed by atoms with van der Waals surface area (Å²) in [4.78, 5) is 15.5. The lowest BCUT2D eigenvalue weighted by Crippen LogP contribution is -2.00. The Bertz CT molecular complexity index is 3260. The van der Waals surface area contributed by atoms with Crippen LogP contribution in [-0.2, 0) is 0 Å². The van der Waals surface area contributed by atoms with Gasteiger partial charge in [0.05, 0.1) is 0 Å². The first-order chi connectivity index (χ1) is 27.2. The molecule has 4 nitrogen and oxygen atoms in total. The fraction of sp³-hybridized carbons (Fsp3) is 0. The molecule has 0 spiro atoms. The van der Waals surface area contributed by atoms with Crippen LogP contribution in [0.2, 0.25) is 0 Å². The van der Waals surface area contributed by atoms with Crippen LogP contribution < -0.4 is 0 Å². The maximum Gasteiger partial charge on any atom is 0.164 e. The Labute approximate surface area is 317 Å². The standard InChI is InChI=1S/C51H31N3O/c1-3-12-32(13-4-1)37-18-11-19-38(28-37)39-24-23-34-26-27-41-44(31-46-48(47(41)43(34)30-39)42-20-9-10-21-45(42)55-46)51-53-49(35-15-5-2-6-16-35)52-50(54-51)40-25-22-33-14-7-8-17-36(33)29-40/h1-31H. The average molecular weight is 702 g/mol. The van der Waals surface area contributed by atoms with E-state index in [1.165, 1.54) is 16.5 Å². The van der Waals surface area contributed by atoms with Crippen LogP contribution in [0.4, 0.5) is 0 Å². The van der Waals surface area contributed by atoms with E-state index in [4.69, 9.17) is 19.4 Å². The molecule has 0 unspecified atom stereocenters. The molecular formula is C51H31N3O. The van der Waals surface area contributed by atoms with E-state index in [9.17, 15) is 0 Å². The molecule has 55 heavy (non-hydrogen) atoms. The number of fused-ring (bicyclic) bond motifs is 8. The molecule has 11 aromatic rings. The summed E-state index contributed by atoms with van der Waals surface area (Å²) in [5.41, 5.74) is 9.08. The quantitative estimate of drug-likeness (QED) is 0.168. The third-order valence-electron chi connectivity index (χ3n) is 10.7. The van der Waals surface area contributed by atoms with Gasteiger partial charge in [0, 0.05) is 32.8 Å². The highest BCUT2D eigenvalue weighted by molar-refractivity contribution is 6.29. The highest BCUT2D eigenvalue weighted by Gasteiger charge is 2.21. The summed E-state index contributed by atoms with van der Waals surface area (Å²) in [6.07, 6.45) is 0. The molecule has 4 heteroatoms. The number of hydrogen-bond acceptors (Lipinski definition) is 4. The number of rotatable bonds is 5. The van der Waals surface area contributed by atoms with Crippen LogP contribution in [0.3, 0.4) is 0 Å². The van der Waals surface area contributed by atoms with E-state index in [0.717, 1.165) is 76.7 Å². The molecule has 0 aliphatic carbocycles. The minimum atomic E-state index is 0.593. The zero-order chi connectivity index (χ0) is 36.3. The van der Waals surface area contributed by atoms with Gasteiger partial charge in [-0.1, -0.05) is 158 Å². The summed E-state index contributed by atoms with van der Waals surface area (Å²) in [5, 5.41) is 8.93. The van der Waals surface area contributed by atoms with Crippen molar-refractivity contribution in [3.8, 4) is 56.4 Å². The SMILES string of the molecule is c1ccc(-c2cccc(-c3ccc4ccc5c(-c6nc(-c7ccccc7)nc(-c7ccc8ccccc8c7)n6)cc6oc7ccccc7c6c5c4c3)c2)cc1. The zero-order valence-corrected chi connectivity index (χ0v) is 29.6. The van der Waals surface area contributed by atoms with Crippen LogP contribution in [0.25, 0.3) is 111 Å². The lowest BCUT2D eigenvalue weighted by molar-refractivity contribution is 0.669. The van der Waals surface area contributed by atoms with Crippen LogP contribution in [0, 0.1) is 0 Å². The zero-order valence-electron chi connectivity index (χ0n) is 29.6. The van der Waals surface area contributed by atoms with Gasteiger partial charge in [-0.05, 0) is 79.5 Å². The van der Waals surface area contributed by atoms with Gasteiger partial charge in [0.1, 0.15) is 11.2 Å². The average Bonchev–Trinajstić information content (AvgIpc) is 3.64. The van der Waals surface area contributed by atoms with Gasteiger partial charge < -0.3 is 4.42 Å². The van der Waals surface area contributed by atoms with Gasteiger partial charge in [-0.15, -0.1) is 0 Å². The Kier molecular flexibility index (Phi) is 7.14. The molecule has 9 aromatic carbocycles. The minimum absolute atomic E-state index is 0.593. The molecule has 0 aliphatic rings. The van der Waals surface area contributed by atoms with E-state index in [1.807, 2.05) is 42.5 Å². The van der Waals surface area contributed by atoms with Crippen molar-refractivity contribution >= 4 is 54.3 Å². The second-order valence-corrected chi connectivity index (χ2v) is 14.0. The van der Waals surface area contributed by atoms with E-state index >= 15 is 0 Å². The highest BCUT2D eigenvalue weighted by Crippen LogP contribution is 2.44. The molecule has 0 bridgehead atoms. The fourth-order valence-electron chi connectivity index (χ4n) is 7.99. The van der Waals surface area contributed by atoms with Gasteiger partial charge in [0.2, 0.25) is 0 Å². The van der Waals surface area contributed by atoms with Crippen LogP contribution in [0.15, 0.2) is 192 Å². The molecular weight excluding hydrogens is 671 g/mol. The summed E-state index contributed by atoms with van der Waals surface area (Å²) in [6, 6.07) is 65.8. The Hall–Kier alpha value is -7.43. The summed E-state index contributed by atoms with van der Waals surface area (Å²) in [7, 11) is 0. The second kappa shape index (κ2) is 12.6. The third kappa shape index (κ3) is 5.34. The van der Waals surface area contributed by atoms with E-state index in [-0.39, 0.29) is 0 Å². The molecule has 0 aliphatic heterocycles. The molecule has 0 saturated heterocycles. The first-order valence-corrected chi connectivity index (χ1v) is 18.5. The van der Waals surface area contributed by atoms with E-state index in [1.54, 1.807) is 0 Å². The first kappa shape index (κ1) is 31.1. The number of furan rings is 1. The van der Waals surface area contributed by atoms with Crippen molar-refractivity contribution in [2.75, 3.05) is 0 Å². The molecule has 0 fully saturated rings. The van der Waals surface area contributed by atoms with Crippen LogP contribution in [0.1, 0.15) is 0 Å². The Morgan fingerprint density at radius 3 is 1.73 bits per heavy atom. The Balaban J connectivity index is 1.19. The van der Waals surface area contributed by atoms with Gasteiger partial charge in [-0.2, -0.15) is 0 Å². The van der Waals surface area contributed by atoms with Gasteiger partial charge in [0.15, 0.2) is 17.5 Å². The minimum Gasteiger partial charge on any atom is -0.456 e. The number of aromatic nitrogens is 3. The lowest BCUT2D eigenvalue weighted by Gasteiger charge is -2.14. The monoisotopic (exact) mass is 701 g/mol. The Morgan fingerprint density at radius 2 is 0.891 bits per heavy atom. The molecule has 0 atom stereocenters. The molecule has 0 amide bonds. The maximum absolute atomic E-state index is 6.66. The maximum atomic E-state index is 6.66. The van der Waals surface area contributed by atoms with Crippen molar-refractivity contribution in [3.05, 3.63) is 188 Å². The number of hydrogen-bond donors (Lipinski definition) is 0. The largest absolute Gasteiger partial charge is 0.456 e. The number of para-hydroxylation sites is 1. The van der Waals surface area contributed by atoms with Gasteiger partial charge in [0.25, 0.3) is 0 Å². The van der Waals surface area contributed by atoms with Gasteiger partial charge in [-0.3, -0.25) is 0 Å². The fourth-order valence-corrected chi connectivity index (χ4v) is 7.99. The van der Waals surface area contributed by atoms with Crippen LogP contribution in [-0.4, -0.2) is 15.0 Å². The highest BCUT2D eigenvalue weighted by atomic mass is 16.3. The topological polar surface area (TPSA) is 51.8 Å². The van der Waals surface area contributed by atoms with Crippen molar-refractivity contribution in [1.82, 2.24) is 15.0 Å². The molecule has 0 radical (unpaired) electrons. The summed E-state index contributed by atoms with van der Waals surface area (Å²) >= 11 is 0. The second-order valence-electron chi connectivity index (χ2n) is 14.0. The van der Waals surface area contributed by atoms with Gasteiger partial charge in [-0.25, -0.2) is 15.0 Å².